The zero-order valence-corrected chi connectivity index (χ0v) is 51.6. The van der Waals surface area contributed by atoms with Crippen molar-refractivity contribution in [2.75, 3.05) is 0 Å². The Morgan fingerprint density at radius 1 is 0.417 bits per heavy atom. The second-order valence-electron chi connectivity index (χ2n) is 22.5. The number of hydrogen-bond donors (Lipinski definition) is 0. The number of thiophene rings is 2. The Morgan fingerprint density at radius 3 is 1.01 bits per heavy atom. The van der Waals surface area contributed by atoms with Gasteiger partial charge in [-0.05, 0) is 33.4 Å². The lowest BCUT2D eigenvalue weighted by Crippen LogP contribution is -2.58. The lowest BCUT2D eigenvalue weighted by molar-refractivity contribution is -0.179. The summed E-state index contributed by atoms with van der Waals surface area (Å²) in [5, 5.41) is 41.0. The lowest BCUT2D eigenvalue weighted by atomic mass is 9.68. The fraction of sp³-hybridized carbons (Fsp3) is 0.105. The first-order chi connectivity index (χ1) is 46.8. The first kappa shape index (κ1) is 60.8. The van der Waals surface area contributed by atoms with Gasteiger partial charge in [0.25, 0.3) is 0 Å². The highest BCUT2D eigenvalue weighted by molar-refractivity contribution is 7.18. The Hall–Kier alpha value is -12.7. The molecular formula is C76H44N6O12S2. The van der Waals surface area contributed by atoms with Crippen molar-refractivity contribution < 1.29 is 57.2 Å². The smallest absolute Gasteiger partial charge is 0.367 e. The molecule has 8 aromatic rings. The highest BCUT2D eigenvalue weighted by Crippen LogP contribution is 2.59. The highest BCUT2D eigenvalue weighted by Gasteiger charge is 2.63. The predicted molar refractivity (Wildman–Crippen MR) is 351 cm³/mol. The summed E-state index contributed by atoms with van der Waals surface area (Å²) in [6.07, 6.45) is 6.77. The van der Waals surface area contributed by atoms with Crippen LogP contribution in [0.1, 0.15) is 63.9 Å². The fourth-order valence-corrected chi connectivity index (χ4v) is 14.3. The molecule has 96 heavy (non-hydrogen) atoms. The Bertz CT molecular complexity index is 4680. The molecule has 4 heterocycles. The van der Waals surface area contributed by atoms with Crippen LogP contribution in [0.25, 0.3) is 22.3 Å². The number of carbonyl (C=O) groups excluding carboxylic acids is 6. The Morgan fingerprint density at radius 2 is 0.708 bits per heavy atom. The van der Waals surface area contributed by atoms with E-state index in [1.54, 1.807) is 194 Å². The van der Waals surface area contributed by atoms with Gasteiger partial charge in [-0.1, -0.05) is 194 Å². The van der Waals surface area contributed by atoms with Gasteiger partial charge in [0.2, 0.25) is 11.6 Å². The van der Waals surface area contributed by atoms with Crippen LogP contribution < -0.4 is 9.47 Å². The lowest BCUT2D eigenvalue weighted by Gasteiger charge is -2.42. The first-order valence-corrected chi connectivity index (χ1v) is 31.4. The van der Waals surface area contributed by atoms with E-state index in [9.17, 15) is 30.6 Å². The summed E-state index contributed by atoms with van der Waals surface area (Å²) in [5.41, 5.74) is -2.95. The molecule has 0 fully saturated rings. The second-order valence-corrected chi connectivity index (χ2v) is 24.5. The van der Waals surface area contributed by atoms with Crippen LogP contribution in [0.2, 0.25) is 0 Å². The predicted octanol–water partition coefficient (Wildman–Crippen LogP) is 13.2. The molecule has 0 saturated carbocycles. The minimum atomic E-state index is -2.76. The van der Waals surface area contributed by atoms with Crippen LogP contribution in [0.15, 0.2) is 239 Å². The van der Waals surface area contributed by atoms with Crippen molar-refractivity contribution in [1.29, 1.82) is 21.0 Å². The van der Waals surface area contributed by atoms with E-state index in [4.69, 9.17) is 38.4 Å². The number of fused-ring (bicyclic) bond motifs is 9. The first-order valence-electron chi connectivity index (χ1n) is 29.8. The molecule has 0 bridgehead atoms. The highest BCUT2D eigenvalue weighted by atomic mass is 32.1. The number of Topliss-reactive ketones (excluding diaryl/α,β-unsaturated/α-hetero) is 2. The van der Waals surface area contributed by atoms with Crippen molar-refractivity contribution in [1.82, 2.24) is 0 Å². The zero-order valence-electron chi connectivity index (χ0n) is 50.0. The van der Waals surface area contributed by atoms with Crippen molar-refractivity contribution in [3.8, 4) is 35.8 Å². The molecule has 18 nitrogen and oxygen atoms in total. The van der Waals surface area contributed by atoms with Gasteiger partial charge in [-0.3, -0.25) is 9.59 Å². The van der Waals surface area contributed by atoms with E-state index in [1.807, 2.05) is 24.3 Å². The molecule has 14 rings (SSSR count). The standard InChI is InChI=1S/C76H44N6O12S2/c77-35-49(36-78)63-51-25-13-15-27-53(51)67(83)65(63)81-61-33-59-69(95-61)55-29-48-32-58-56(30-47(48)31-57(55)75(93-59,71(85)89-39-43-17-5-1-6-18-43)72(86)90-40-44-19-7-2-8-20-44)70-60(34-62(96-70)82-66-64(50(37-79)38-80)52-26-14-16-28-54(52)68(66)84)94-76(58,73(87)91-41-45-21-9-3-10-22-45)74(88)92-42-46-23-11-4-12-24-46/h1-34,47-48H,39-42H2. The Balaban J connectivity index is 0.980. The number of esters is 4. The topological polar surface area (TPSA) is 278 Å². The van der Waals surface area contributed by atoms with Crippen LogP contribution in [0.5, 0.6) is 11.5 Å². The van der Waals surface area contributed by atoms with E-state index in [1.165, 1.54) is 12.1 Å². The van der Waals surface area contributed by atoms with Gasteiger partial charge in [-0.2, -0.15) is 21.0 Å². The average Bonchev–Trinajstić information content (AvgIpc) is 1.08. The number of carbonyl (C=O) groups is 6. The van der Waals surface area contributed by atoms with E-state index in [0.717, 1.165) is 22.7 Å². The molecule has 0 saturated heterocycles. The summed E-state index contributed by atoms with van der Waals surface area (Å²) < 4.78 is 38.2. The Labute approximate surface area is 555 Å². The van der Waals surface area contributed by atoms with Crippen molar-refractivity contribution in [3.05, 3.63) is 283 Å². The molecular weight excluding hydrogens is 1250 g/mol. The third-order valence-corrected chi connectivity index (χ3v) is 18.9. The third kappa shape index (κ3) is 10.5. The maximum atomic E-state index is 15.6. The summed E-state index contributed by atoms with van der Waals surface area (Å²) in [6.45, 7) is -1.28. The van der Waals surface area contributed by atoms with Gasteiger partial charge in [0.15, 0.2) is 0 Å². The van der Waals surface area contributed by atoms with Gasteiger partial charge in [-0.25, -0.2) is 29.2 Å². The molecule has 0 radical (unpaired) electrons. The molecule has 0 N–H and O–H groups in total. The molecule has 2 aromatic heterocycles. The van der Waals surface area contributed by atoms with Crippen LogP contribution in [-0.4, -0.2) is 58.1 Å². The number of benzene rings is 6. The van der Waals surface area contributed by atoms with Crippen molar-refractivity contribution in [2.24, 2.45) is 21.8 Å². The maximum Gasteiger partial charge on any atom is 0.367 e. The average molecular weight is 1300 g/mol. The SMILES string of the molecule is N#CC(C#N)=C1C(=Nc2cc3c(s2)C2=CC4C=C5C(=CC4C=C2C(C(=O)OCc2ccccc2)(C(=O)OCc2ccccc2)O3)c2sc(N=C3C(=O)c4ccccc4C3=C(C#N)C#N)cc2OC5(C(=O)OCc2ccccc2)C(=O)OCc2ccccc2)C(=O)c2ccccc21. The van der Waals surface area contributed by atoms with E-state index >= 15 is 19.2 Å². The summed E-state index contributed by atoms with van der Waals surface area (Å²) in [6, 6.07) is 58.4. The molecule has 2 aliphatic heterocycles. The van der Waals surface area contributed by atoms with Gasteiger partial charge < -0.3 is 28.4 Å². The molecule has 0 spiro atoms. The monoisotopic (exact) mass is 1300 g/mol. The summed E-state index contributed by atoms with van der Waals surface area (Å²) in [7, 11) is 0. The number of ether oxygens (including phenoxy) is 6. The van der Waals surface area contributed by atoms with Gasteiger partial charge in [-0.15, -0.1) is 22.7 Å². The number of hydrogen-bond acceptors (Lipinski definition) is 20. The normalized spacial score (nSPS) is 17.7. The third-order valence-electron chi connectivity index (χ3n) is 16.8. The van der Waals surface area contributed by atoms with E-state index in [2.05, 4.69) is 0 Å². The fourth-order valence-electron chi connectivity index (χ4n) is 12.3. The summed E-state index contributed by atoms with van der Waals surface area (Å²) in [5.74, 6) is -7.79. The second kappa shape index (κ2) is 25.1. The molecule has 6 aliphatic rings. The van der Waals surface area contributed by atoms with Crippen LogP contribution in [0.3, 0.4) is 0 Å². The van der Waals surface area contributed by atoms with Gasteiger partial charge in [0, 0.05) is 68.5 Å². The molecule has 0 amide bonds. The zero-order chi connectivity index (χ0) is 66.2. The van der Waals surface area contributed by atoms with E-state index in [-0.39, 0.29) is 125 Å². The largest absolute Gasteiger partial charge is 0.458 e. The van der Waals surface area contributed by atoms with Crippen molar-refractivity contribution in [3.63, 3.8) is 0 Å². The molecule has 462 valence electrons. The van der Waals surface area contributed by atoms with E-state index in [0.29, 0.717) is 33.4 Å². The van der Waals surface area contributed by atoms with Gasteiger partial charge in [0.1, 0.15) is 94.8 Å². The number of aliphatic imine (C=N–C) groups is 2. The molecule has 20 heteroatoms. The van der Waals surface area contributed by atoms with Crippen LogP contribution >= 0.6 is 22.7 Å². The van der Waals surface area contributed by atoms with Gasteiger partial charge >= 0.3 is 35.1 Å². The molecule has 2 atom stereocenters. The summed E-state index contributed by atoms with van der Waals surface area (Å²) in [4.78, 5) is 101. The van der Waals surface area contributed by atoms with Gasteiger partial charge in [0.05, 0.1) is 9.75 Å². The number of rotatable bonds is 14. The number of ketones is 2. The van der Waals surface area contributed by atoms with E-state index < -0.39 is 58.5 Å². The molecule has 6 aromatic carbocycles. The number of allylic oxidation sites excluding steroid dienone is 8. The van der Waals surface area contributed by atoms with Crippen molar-refractivity contribution in [2.45, 2.75) is 37.6 Å². The number of nitrogens with zero attached hydrogens (tertiary/aromatic N) is 6. The van der Waals surface area contributed by atoms with Crippen molar-refractivity contribution >= 4 is 102 Å². The van der Waals surface area contributed by atoms with Crippen LogP contribution in [0.4, 0.5) is 10.0 Å². The minimum Gasteiger partial charge on any atom is -0.458 e. The summed E-state index contributed by atoms with van der Waals surface area (Å²) >= 11 is 2.00. The number of nitriles is 4. The minimum absolute atomic E-state index is 0.00971. The Kier molecular flexibility index (Phi) is 15.9. The molecule has 4 aliphatic carbocycles. The maximum absolute atomic E-state index is 15.6. The van der Waals surface area contributed by atoms with Crippen LogP contribution in [0, 0.1) is 57.2 Å². The van der Waals surface area contributed by atoms with Crippen LogP contribution in [-0.2, 0) is 64.6 Å². The molecule has 2 unspecified atom stereocenters. The quantitative estimate of drug-likeness (QED) is 0.0423.